The summed E-state index contributed by atoms with van der Waals surface area (Å²) in [6, 6.07) is 2.47. The predicted octanol–water partition coefficient (Wildman–Crippen LogP) is 1.42. The third kappa shape index (κ3) is 5.38. The lowest BCUT2D eigenvalue weighted by Crippen LogP contribution is -2.44. The van der Waals surface area contributed by atoms with Crippen LogP contribution in [0.4, 0.5) is 11.8 Å². The maximum atomic E-state index is 11.8. The van der Waals surface area contributed by atoms with Crippen LogP contribution in [0.15, 0.2) is 18.5 Å². The van der Waals surface area contributed by atoms with E-state index in [2.05, 4.69) is 32.9 Å². The first kappa shape index (κ1) is 24.3. The van der Waals surface area contributed by atoms with E-state index < -0.39 is 10.0 Å². The normalized spacial score (nSPS) is 18.5. The van der Waals surface area contributed by atoms with Gasteiger partial charge in [-0.05, 0) is 26.0 Å². The predicted molar refractivity (Wildman–Crippen MR) is 137 cm³/mol. The minimum Gasteiger partial charge on any atom is -0.378 e. The zero-order valence-electron chi connectivity index (χ0n) is 19.9. The van der Waals surface area contributed by atoms with Crippen molar-refractivity contribution in [1.82, 2.24) is 29.1 Å². The number of ether oxygens (including phenoxy) is 1. The summed E-state index contributed by atoms with van der Waals surface area (Å²) in [5, 5.41) is 0. The number of piperidine rings is 1. The van der Waals surface area contributed by atoms with Crippen molar-refractivity contribution in [3.8, 4) is 11.4 Å². The highest BCUT2D eigenvalue weighted by Gasteiger charge is 2.28. The third-order valence-electron chi connectivity index (χ3n) is 6.57. The number of nitrogens with zero attached hydrogens (tertiary/aromatic N) is 7. The van der Waals surface area contributed by atoms with Gasteiger partial charge in [0.25, 0.3) is 0 Å². The van der Waals surface area contributed by atoms with Crippen LogP contribution < -0.4 is 10.6 Å². The second-order valence-electron chi connectivity index (χ2n) is 9.04. The molecule has 0 bridgehead atoms. The molecule has 0 unspecified atom stereocenters. The summed E-state index contributed by atoms with van der Waals surface area (Å²) in [7, 11) is -1.02. The van der Waals surface area contributed by atoms with E-state index in [-0.39, 0.29) is 5.95 Å². The molecule has 0 atom stereocenters. The largest absolute Gasteiger partial charge is 0.378 e. The molecule has 2 N–H and O–H groups in total. The van der Waals surface area contributed by atoms with Gasteiger partial charge in [0.15, 0.2) is 11.6 Å². The lowest BCUT2D eigenvalue weighted by atomic mass is 10.1. The van der Waals surface area contributed by atoms with Gasteiger partial charge in [0, 0.05) is 56.0 Å². The summed E-state index contributed by atoms with van der Waals surface area (Å²) < 4.78 is 31.9. The number of morpholine rings is 1. The number of fused-ring (bicyclic) bond motifs is 1. The molecule has 0 aromatic carbocycles. The zero-order valence-corrected chi connectivity index (χ0v) is 21.6. The molecule has 2 fully saturated rings. The van der Waals surface area contributed by atoms with Gasteiger partial charge in [-0.25, -0.2) is 32.7 Å². The summed E-state index contributed by atoms with van der Waals surface area (Å²) in [6.45, 7) is 4.79. The lowest BCUT2D eigenvalue weighted by Gasteiger charge is -2.35. The van der Waals surface area contributed by atoms with Crippen LogP contribution in [0.3, 0.4) is 0 Å². The van der Waals surface area contributed by atoms with E-state index >= 15 is 0 Å². The fraction of sp³-hybridized carbons (Fsp3) is 0.545. The molecule has 2 aliphatic rings. The Morgan fingerprint density at radius 1 is 1.14 bits per heavy atom. The van der Waals surface area contributed by atoms with E-state index in [0.717, 1.165) is 54.1 Å². The quantitative estimate of drug-likeness (QED) is 0.511. The molecule has 5 heterocycles. The molecule has 0 aliphatic carbocycles. The number of nitrogen functional groups attached to an aromatic ring is 1. The number of sulfonamides is 1. The average molecular weight is 519 g/mol. The van der Waals surface area contributed by atoms with E-state index in [1.54, 1.807) is 28.0 Å². The fourth-order valence-corrected chi connectivity index (χ4v) is 6.65. The Kier molecular flexibility index (Phi) is 6.86. The van der Waals surface area contributed by atoms with Gasteiger partial charge in [0.05, 0.1) is 35.2 Å². The van der Waals surface area contributed by atoms with Crippen LogP contribution in [-0.4, -0.2) is 96.3 Å². The number of anilines is 2. The monoisotopic (exact) mass is 518 g/mol. The van der Waals surface area contributed by atoms with Gasteiger partial charge in [-0.3, -0.25) is 4.90 Å². The molecule has 35 heavy (non-hydrogen) atoms. The molecule has 188 valence electrons. The maximum Gasteiger partial charge on any atom is 0.219 e. The van der Waals surface area contributed by atoms with E-state index in [4.69, 9.17) is 20.4 Å². The zero-order chi connectivity index (χ0) is 24.6. The first-order valence-corrected chi connectivity index (χ1v) is 14.3. The Morgan fingerprint density at radius 3 is 2.49 bits per heavy atom. The molecule has 2 aliphatic heterocycles. The minimum atomic E-state index is -3.12. The van der Waals surface area contributed by atoms with Crippen LogP contribution in [0.2, 0.25) is 0 Å². The topological polar surface area (TPSA) is 131 Å². The molecule has 13 heteroatoms. The van der Waals surface area contributed by atoms with Gasteiger partial charge < -0.3 is 15.4 Å². The second kappa shape index (κ2) is 9.90. The number of nitrogens with two attached hydrogens (primary N) is 1. The Hall–Kier alpha value is -2.45. The van der Waals surface area contributed by atoms with E-state index in [1.165, 1.54) is 11.1 Å². The number of thiophene rings is 1. The van der Waals surface area contributed by atoms with Crippen molar-refractivity contribution in [2.24, 2.45) is 0 Å². The smallest absolute Gasteiger partial charge is 0.219 e. The molecule has 11 nitrogen and oxygen atoms in total. The summed E-state index contributed by atoms with van der Waals surface area (Å²) in [6.07, 6.45) is 6.24. The van der Waals surface area contributed by atoms with Crippen LogP contribution in [0, 0.1) is 0 Å². The SMILES string of the molecule is CN(Cc1cc2nc(-c3cnc(N)nc3)nc(N3CCOCC3)c2s1)C1CCN(S(C)(=O)=O)CC1. The molecule has 3 aromatic rings. The maximum absolute atomic E-state index is 11.8. The van der Waals surface area contributed by atoms with Crippen LogP contribution in [0.25, 0.3) is 21.6 Å². The molecule has 0 radical (unpaired) electrons. The Bertz CT molecular complexity index is 1280. The summed E-state index contributed by atoms with van der Waals surface area (Å²) in [5.41, 5.74) is 7.28. The van der Waals surface area contributed by atoms with Crippen LogP contribution in [0.5, 0.6) is 0 Å². The van der Waals surface area contributed by atoms with Crippen molar-refractivity contribution in [1.29, 1.82) is 0 Å². The molecule has 2 saturated heterocycles. The first-order valence-electron chi connectivity index (χ1n) is 11.6. The Morgan fingerprint density at radius 2 is 1.83 bits per heavy atom. The van der Waals surface area contributed by atoms with E-state index in [1.807, 2.05) is 0 Å². The number of rotatable bonds is 6. The average Bonchev–Trinajstić information content (AvgIpc) is 3.26. The summed E-state index contributed by atoms with van der Waals surface area (Å²) in [4.78, 5) is 23.7. The lowest BCUT2D eigenvalue weighted by molar-refractivity contribution is 0.122. The standard InChI is InChI=1S/C22H30N8O3S2/c1-28(16-3-5-30(6-4-16)35(2,31)32)14-17-11-18-19(34-17)21(29-7-9-33-10-8-29)27-20(26-18)15-12-24-22(23)25-13-15/h11-13,16H,3-10,14H2,1-2H3,(H2,23,24,25). The second-order valence-corrected chi connectivity index (χ2v) is 12.2. The molecule has 3 aromatic heterocycles. The minimum absolute atomic E-state index is 0.214. The number of hydrogen-bond donors (Lipinski definition) is 1. The van der Waals surface area contributed by atoms with Crippen molar-refractivity contribution in [3.63, 3.8) is 0 Å². The highest BCUT2D eigenvalue weighted by Crippen LogP contribution is 2.35. The molecule has 5 rings (SSSR count). The van der Waals surface area contributed by atoms with Gasteiger partial charge in [0.1, 0.15) is 0 Å². The molecule has 0 saturated carbocycles. The van der Waals surface area contributed by atoms with E-state index in [9.17, 15) is 8.42 Å². The van der Waals surface area contributed by atoms with Crippen molar-refractivity contribution < 1.29 is 13.2 Å². The number of aromatic nitrogens is 4. The molecule has 0 spiro atoms. The Labute approximate surface area is 209 Å². The summed E-state index contributed by atoms with van der Waals surface area (Å²) >= 11 is 1.71. The summed E-state index contributed by atoms with van der Waals surface area (Å²) in [5.74, 6) is 1.70. The van der Waals surface area contributed by atoms with Crippen LogP contribution in [-0.2, 0) is 21.3 Å². The highest BCUT2D eigenvalue weighted by atomic mass is 32.2. The van der Waals surface area contributed by atoms with Crippen molar-refractivity contribution in [2.45, 2.75) is 25.4 Å². The van der Waals surface area contributed by atoms with Crippen molar-refractivity contribution >= 4 is 43.3 Å². The number of hydrogen-bond acceptors (Lipinski definition) is 11. The fourth-order valence-electron chi connectivity index (χ4n) is 4.60. The molecule has 0 amide bonds. The van der Waals surface area contributed by atoms with Gasteiger partial charge in [-0.15, -0.1) is 11.3 Å². The molecular formula is C22H30N8O3S2. The highest BCUT2D eigenvalue weighted by molar-refractivity contribution is 7.88. The molecular weight excluding hydrogens is 488 g/mol. The van der Waals surface area contributed by atoms with Crippen molar-refractivity contribution in [3.05, 3.63) is 23.3 Å². The van der Waals surface area contributed by atoms with Crippen molar-refractivity contribution in [2.75, 3.05) is 63.3 Å². The van der Waals surface area contributed by atoms with Crippen LogP contribution >= 0.6 is 11.3 Å². The van der Waals surface area contributed by atoms with Gasteiger partial charge in [0.2, 0.25) is 16.0 Å². The third-order valence-corrected chi connectivity index (χ3v) is 8.97. The van der Waals surface area contributed by atoms with E-state index in [0.29, 0.717) is 38.2 Å². The van der Waals surface area contributed by atoms with Gasteiger partial charge in [-0.1, -0.05) is 0 Å². The van der Waals surface area contributed by atoms with Crippen LogP contribution in [0.1, 0.15) is 17.7 Å². The van der Waals surface area contributed by atoms with Gasteiger partial charge in [-0.2, -0.15) is 0 Å². The first-order chi connectivity index (χ1) is 16.8. The van der Waals surface area contributed by atoms with Gasteiger partial charge >= 0.3 is 0 Å². The Balaban J connectivity index is 1.41.